The number of nitrogens with zero attached hydrogens (tertiary/aromatic N) is 2. The van der Waals surface area contributed by atoms with Crippen LogP contribution in [0.5, 0.6) is 0 Å². The van der Waals surface area contributed by atoms with Crippen LogP contribution in [0.4, 0.5) is 5.69 Å². The van der Waals surface area contributed by atoms with Gasteiger partial charge in [-0.3, -0.25) is 14.9 Å². The van der Waals surface area contributed by atoms with Crippen molar-refractivity contribution < 1.29 is 24.7 Å². The molecule has 0 amide bonds. The molecule has 0 bridgehead atoms. The van der Waals surface area contributed by atoms with E-state index in [1.807, 2.05) is 0 Å². The van der Waals surface area contributed by atoms with Gasteiger partial charge in [-0.15, -0.1) is 0 Å². The zero-order valence-electron chi connectivity index (χ0n) is 10.5. The van der Waals surface area contributed by atoms with Crippen molar-refractivity contribution >= 4 is 11.7 Å². The molecular formula is C12H12N2O6. The van der Waals surface area contributed by atoms with E-state index in [2.05, 4.69) is 4.74 Å². The van der Waals surface area contributed by atoms with Crippen molar-refractivity contribution in [2.45, 2.75) is 18.6 Å². The van der Waals surface area contributed by atoms with Gasteiger partial charge >= 0.3 is 5.97 Å². The number of carbonyl (C=O) groups is 1. The Morgan fingerprint density at radius 2 is 2.20 bits per heavy atom. The molecule has 0 aliphatic carbocycles. The van der Waals surface area contributed by atoms with E-state index in [1.54, 1.807) is 6.07 Å². The van der Waals surface area contributed by atoms with Crippen molar-refractivity contribution in [3.05, 3.63) is 39.4 Å². The number of esters is 1. The van der Waals surface area contributed by atoms with E-state index in [4.69, 9.17) is 5.26 Å². The third kappa shape index (κ3) is 3.50. The standard InChI is InChI=1S/C12H12N2O6/c1-20-11(16)5-10(15)12(17)7-2-3-8(6-13)9(4-7)14(18)19/h2-4,10,12,15,17H,5H2,1H3. The topological polar surface area (TPSA) is 134 Å². The molecule has 2 atom stereocenters. The smallest absolute Gasteiger partial charge is 0.308 e. The first-order chi connectivity index (χ1) is 9.40. The van der Waals surface area contributed by atoms with E-state index in [0.717, 1.165) is 13.2 Å². The van der Waals surface area contributed by atoms with Gasteiger partial charge in [0, 0.05) is 6.07 Å². The van der Waals surface area contributed by atoms with Crippen LogP contribution in [0.1, 0.15) is 23.7 Å². The van der Waals surface area contributed by atoms with Gasteiger partial charge in [-0.05, 0) is 11.6 Å². The summed E-state index contributed by atoms with van der Waals surface area (Å²) in [5.41, 5.74) is -0.602. The van der Waals surface area contributed by atoms with Crippen molar-refractivity contribution in [2.75, 3.05) is 7.11 Å². The summed E-state index contributed by atoms with van der Waals surface area (Å²) in [5.74, 6) is -0.723. The van der Waals surface area contributed by atoms with Gasteiger partial charge in [0.1, 0.15) is 17.7 Å². The maximum atomic E-state index is 11.0. The average Bonchev–Trinajstić information content (AvgIpc) is 2.45. The zero-order valence-corrected chi connectivity index (χ0v) is 10.5. The van der Waals surface area contributed by atoms with E-state index in [9.17, 15) is 25.1 Å². The molecule has 0 heterocycles. The Balaban J connectivity index is 3.02. The highest BCUT2D eigenvalue weighted by atomic mass is 16.6. The van der Waals surface area contributed by atoms with Gasteiger partial charge in [-0.25, -0.2) is 0 Å². The molecule has 106 valence electrons. The summed E-state index contributed by atoms with van der Waals surface area (Å²) in [6.07, 6.45) is -3.42. The molecule has 0 fully saturated rings. The highest BCUT2D eigenvalue weighted by Gasteiger charge is 2.24. The molecule has 0 aliphatic heterocycles. The van der Waals surface area contributed by atoms with Crippen molar-refractivity contribution in [3.8, 4) is 6.07 Å². The molecular weight excluding hydrogens is 268 g/mol. The summed E-state index contributed by atoms with van der Waals surface area (Å²) in [5, 5.41) is 39.0. The van der Waals surface area contributed by atoms with Crippen molar-refractivity contribution in [2.24, 2.45) is 0 Å². The summed E-state index contributed by atoms with van der Waals surface area (Å²) in [4.78, 5) is 21.0. The molecule has 0 saturated heterocycles. The van der Waals surface area contributed by atoms with Gasteiger partial charge < -0.3 is 14.9 Å². The number of nitro groups is 1. The van der Waals surface area contributed by atoms with Crippen LogP contribution in [-0.4, -0.2) is 34.3 Å². The first-order valence-electron chi connectivity index (χ1n) is 5.52. The molecule has 8 heteroatoms. The lowest BCUT2D eigenvalue weighted by Crippen LogP contribution is -2.22. The molecule has 2 N–H and O–H groups in total. The Bertz CT molecular complexity index is 566. The molecule has 0 spiro atoms. The quantitative estimate of drug-likeness (QED) is 0.453. The Labute approximate surface area is 114 Å². The number of hydrogen-bond donors (Lipinski definition) is 2. The molecule has 0 aromatic heterocycles. The van der Waals surface area contributed by atoms with Crippen molar-refractivity contribution in [1.82, 2.24) is 0 Å². The number of methoxy groups -OCH3 is 1. The minimum Gasteiger partial charge on any atom is -0.469 e. The van der Waals surface area contributed by atoms with E-state index in [1.165, 1.54) is 12.1 Å². The van der Waals surface area contributed by atoms with Crippen LogP contribution in [0.15, 0.2) is 18.2 Å². The molecule has 1 aromatic rings. The van der Waals surface area contributed by atoms with Crippen molar-refractivity contribution in [1.29, 1.82) is 5.26 Å². The van der Waals surface area contributed by atoms with Crippen LogP contribution >= 0.6 is 0 Å². The normalized spacial score (nSPS) is 13.1. The van der Waals surface area contributed by atoms with Crippen LogP contribution in [0, 0.1) is 21.4 Å². The van der Waals surface area contributed by atoms with Crippen LogP contribution < -0.4 is 0 Å². The number of rotatable bonds is 5. The Morgan fingerprint density at radius 1 is 1.55 bits per heavy atom. The highest BCUT2D eigenvalue weighted by Crippen LogP contribution is 2.26. The number of nitriles is 1. The number of benzene rings is 1. The third-order valence-electron chi connectivity index (χ3n) is 2.65. The molecule has 2 unspecified atom stereocenters. The number of aliphatic hydroxyl groups is 2. The van der Waals surface area contributed by atoms with E-state index in [-0.39, 0.29) is 11.1 Å². The van der Waals surface area contributed by atoms with Crippen LogP contribution in [0.25, 0.3) is 0 Å². The summed E-state index contributed by atoms with van der Waals surface area (Å²) < 4.78 is 4.34. The minimum atomic E-state index is -1.50. The fourth-order valence-electron chi connectivity index (χ4n) is 1.57. The predicted molar refractivity (Wildman–Crippen MR) is 65.4 cm³/mol. The first kappa shape index (κ1) is 15.6. The van der Waals surface area contributed by atoms with Gasteiger partial charge in [0.15, 0.2) is 0 Å². The Kier molecular flexibility index (Phi) is 5.14. The lowest BCUT2D eigenvalue weighted by molar-refractivity contribution is -0.385. The first-order valence-corrected chi connectivity index (χ1v) is 5.52. The van der Waals surface area contributed by atoms with Crippen LogP contribution in [0.2, 0.25) is 0 Å². The molecule has 1 aromatic carbocycles. The van der Waals surface area contributed by atoms with Gasteiger partial charge in [-0.2, -0.15) is 5.26 Å². The van der Waals surface area contributed by atoms with Gasteiger partial charge in [0.25, 0.3) is 5.69 Å². The fraction of sp³-hybridized carbons (Fsp3) is 0.333. The van der Waals surface area contributed by atoms with Crippen molar-refractivity contribution in [3.63, 3.8) is 0 Å². The highest BCUT2D eigenvalue weighted by molar-refractivity contribution is 5.69. The largest absolute Gasteiger partial charge is 0.469 e. The number of ether oxygens (including phenoxy) is 1. The van der Waals surface area contributed by atoms with E-state index < -0.39 is 35.2 Å². The second-order valence-corrected chi connectivity index (χ2v) is 3.94. The molecule has 20 heavy (non-hydrogen) atoms. The molecule has 0 saturated carbocycles. The third-order valence-corrected chi connectivity index (χ3v) is 2.65. The summed E-state index contributed by atoms with van der Waals surface area (Å²) in [7, 11) is 1.13. The second-order valence-electron chi connectivity index (χ2n) is 3.94. The molecule has 0 aliphatic rings. The monoisotopic (exact) mass is 280 g/mol. The van der Waals surface area contributed by atoms with Crippen LogP contribution in [0.3, 0.4) is 0 Å². The van der Waals surface area contributed by atoms with Gasteiger partial charge in [0.05, 0.1) is 24.6 Å². The molecule has 8 nitrogen and oxygen atoms in total. The summed E-state index contributed by atoms with van der Waals surface area (Å²) >= 11 is 0. The van der Waals surface area contributed by atoms with Gasteiger partial charge in [-0.1, -0.05) is 6.07 Å². The molecule has 0 radical (unpaired) electrons. The summed E-state index contributed by atoms with van der Waals surface area (Å²) in [6, 6.07) is 5.09. The lowest BCUT2D eigenvalue weighted by atomic mass is 10.00. The predicted octanol–water partition coefficient (Wildman–Crippen LogP) is 0.424. The van der Waals surface area contributed by atoms with Crippen LogP contribution in [-0.2, 0) is 9.53 Å². The molecule has 1 rings (SSSR count). The maximum Gasteiger partial charge on any atom is 0.308 e. The number of carbonyl (C=O) groups excluding carboxylic acids is 1. The number of hydrogen-bond acceptors (Lipinski definition) is 7. The maximum absolute atomic E-state index is 11.0. The zero-order chi connectivity index (χ0) is 15.3. The van der Waals surface area contributed by atoms with E-state index >= 15 is 0 Å². The SMILES string of the molecule is COC(=O)CC(O)C(O)c1ccc(C#N)c([N+](=O)[O-])c1. The van der Waals surface area contributed by atoms with Gasteiger partial charge in [0.2, 0.25) is 0 Å². The average molecular weight is 280 g/mol. The number of aliphatic hydroxyl groups excluding tert-OH is 2. The Hall–Kier alpha value is -2.50. The second kappa shape index (κ2) is 6.60. The number of nitro benzene ring substituents is 1. The fourth-order valence-corrected chi connectivity index (χ4v) is 1.57. The minimum absolute atomic E-state index is 0.0344. The van der Waals surface area contributed by atoms with E-state index in [0.29, 0.717) is 0 Å². The Morgan fingerprint density at radius 3 is 2.70 bits per heavy atom. The summed E-state index contributed by atoms with van der Waals surface area (Å²) in [6.45, 7) is 0. The lowest BCUT2D eigenvalue weighted by Gasteiger charge is -2.17.